The first-order valence-corrected chi connectivity index (χ1v) is 5.95. The molecule has 5 nitrogen and oxygen atoms in total. The van der Waals surface area contributed by atoms with Crippen LogP contribution in [0.15, 0.2) is 24.5 Å². The van der Waals surface area contributed by atoms with Crippen molar-refractivity contribution >= 4 is 17.6 Å². The van der Waals surface area contributed by atoms with Crippen LogP contribution in [-0.4, -0.2) is 25.0 Å². The van der Waals surface area contributed by atoms with Crippen LogP contribution in [0.1, 0.15) is 31.5 Å². The first-order chi connectivity index (χ1) is 8.50. The molecule has 0 aromatic carbocycles. The molecule has 1 aliphatic heterocycles. The smallest absolute Gasteiger partial charge is 0.389 e. The number of pyridine rings is 1. The lowest BCUT2D eigenvalue weighted by Gasteiger charge is -2.15. The largest absolute Gasteiger partial charge is 0.550 e. The summed E-state index contributed by atoms with van der Waals surface area (Å²) in [6.45, 7) is 4.82. The molecular formula is C13H18N2O3. The minimum absolute atomic E-state index is 0.0537. The molecule has 2 rings (SSSR count). The van der Waals surface area contributed by atoms with Gasteiger partial charge in [-0.05, 0) is 19.8 Å². The number of aromatic nitrogens is 1. The SMILES string of the molecule is CC(=O)[O-].CC(=O)[n+]1ccc(N2CCCC2)cc1. The van der Waals surface area contributed by atoms with E-state index in [0.717, 1.165) is 20.0 Å². The molecule has 1 aromatic rings. The maximum atomic E-state index is 11.0. The second-order valence-corrected chi connectivity index (χ2v) is 4.17. The number of carboxylic acids is 1. The summed E-state index contributed by atoms with van der Waals surface area (Å²) < 4.78 is 1.60. The maximum Gasteiger partial charge on any atom is 0.389 e. The molecule has 0 bridgehead atoms. The minimum Gasteiger partial charge on any atom is -0.550 e. The van der Waals surface area contributed by atoms with E-state index in [4.69, 9.17) is 9.90 Å². The van der Waals surface area contributed by atoms with Gasteiger partial charge in [0.2, 0.25) is 0 Å². The second kappa shape index (κ2) is 6.74. The minimum atomic E-state index is -1.08. The van der Waals surface area contributed by atoms with E-state index in [2.05, 4.69) is 4.90 Å². The molecule has 18 heavy (non-hydrogen) atoms. The predicted octanol–water partition coefficient (Wildman–Crippen LogP) is -0.00940. The Morgan fingerprint density at radius 3 is 2.00 bits per heavy atom. The number of hydrogen-bond donors (Lipinski definition) is 0. The van der Waals surface area contributed by atoms with E-state index in [-0.39, 0.29) is 5.91 Å². The molecule has 98 valence electrons. The number of carbonyl (C=O) groups excluding carboxylic acids is 2. The van der Waals surface area contributed by atoms with E-state index < -0.39 is 5.97 Å². The Hall–Kier alpha value is -1.91. The number of nitrogens with zero attached hydrogens (tertiary/aromatic N) is 2. The normalized spacial score (nSPS) is 13.8. The van der Waals surface area contributed by atoms with Crippen molar-refractivity contribution in [3.63, 3.8) is 0 Å². The van der Waals surface area contributed by atoms with Crippen LogP contribution in [0.4, 0.5) is 5.69 Å². The molecule has 0 unspecified atom stereocenters. The first kappa shape index (κ1) is 14.2. The third kappa shape index (κ3) is 4.53. The van der Waals surface area contributed by atoms with Gasteiger partial charge in [0.05, 0.1) is 6.92 Å². The van der Waals surface area contributed by atoms with Crippen LogP contribution in [0.5, 0.6) is 0 Å². The highest BCUT2D eigenvalue weighted by Crippen LogP contribution is 2.17. The Labute approximate surface area is 107 Å². The zero-order valence-electron chi connectivity index (χ0n) is 10.8. The second-order valence-electron chi connectivity index (χ2n) is 4.17. The van der Waals surface area contributed by atoms with Gasteiger partial charge in [0.25, 0.3) is 0 Å². The molecule has 0 saturated carbocycles. The molecule has 0 atom stereocenters. The van der Waals surface area contributed by atoms with Gasteiger partial charge in [0, 0.05) is 36.9 Å². The van der Waals surface area contributed by atoms with Crippen LogP contribution < -0.4 is 14.6 Å². The molecule has 5 heteroatoms. The predicted molar refractivity (Wildman–Crippen MR) is 65.1 cm³/mol. The van der Waals surface area contributed by atoms with Crippen LogP contribution in [0.3, 0.4) is 0 Å². The number of rotatable bonds is 1. The van der Waals surface area contributed by atoms with E-state index in [1.807, 2.05) is 24.5 Å². The molecule has 1 saturated heterocycles. The topological polar surface area (TPSA) is 64.3 Å². The van der Waals surface area contributed by atoms with Gasteiger partial charge in [-0.15, -0.1) is 4.57 Å². The van der Waals surface area contributed by atoms with E-state index in [1.165, 1.54) is 18.5 Å². The van der Waals surface area contributed by atoms with E-state index >= 15 is 0 Å². The Morgan fingerprint density at radius 1 is 1.17 bits per heavy atom. The van der Waals surface area contributed by atoms with Crippen molar-refractivity contribution < 1.29 is 19.3 Å². The third-order valence-corrected chi connectivity index (χ3v) is 2.65. The van der Waals surface area contributed by atoms with Crippen LogP contribution in [0, 0.1) is 0 Å². The van der Waals surface area contributed by atoms with Crippen LogP contribution >= 0.6 is 0 Å². The lowest BCUT2D eigenvalue weighted by molar-refractivity contribution is -0.572. The Morgan fingerprint density at radius 2 is 1.61 bits per heavy atom. The van der Waals surface area contributed by atoms with E-state index in [0.29, 0.717) is 0 Å². The highest BCUT2D eigenvalue weighted by Gasteiger charge is 2.14. The van der Waals surface area contributed by atoms with Gasteiger partial charge in [0.15, 0.2) is 12.4 Å². The molecule has 2 heterocycles. The fraction of sp³-hybridized carbons (Fsp3) is 0.462. The van der Waals surface area contributed by atoms with Crippen LogP contribution in [0.25, 0.3) is 0 Å². The van der Waals surface area contributed by atoms with Gasteiger partial charge < -0.3 is 14.8 Å². The van der Waals surface area contributed by atoms with Crippen molar-refractivity contribution in [1.29, 1.82) is 0 Å². The summed E-state index contributed by atoms with van der Waals surface area (Å²) in [4.78, 5) is 22.3. The lowest BCUT2D eigenvalue weighted by atomic mass is 10.3. The molecular weight excluding hydrogens is 232 g/mol. The summed E-state index contributed by atoms with van der Waals surface area (Å²) in [5, 5.41) is 8.89. The average molecular weight is 250 g/mol. The number of carboxylic acid groups (broad SMARTS) is 1. The highest BCUT2D eigenvalue weighted by atomic mass is 16.4. The molecule has 0 amide bonds. The standard InChI is InChI=1S/C11H15N2O.C2H4O2/c1-10(14)12-8-4-11(5-9-12)13-6-2-3-7-13;1-2(3)4/h4-5,8-9H,2-3,6-7H2,1H3;1H3,(H,3,4)/q+1;/p-1. The van der Waals surface area contributed by atoms with Crippen molar-refractivity contribution in [1.82, 2.24) is 0 Å². The Kier molecular flexibility index (Phi) is 5.30. The summed E-state index contributed by atoms with van der Waals surface area (Å²) in [6, 6.07) is 4.01. The van der Waals surface area contributed by atoms with Gasteiger partial charge >= 0.3 is 5.91 Å². The maximum absolute atomic E-state index is 11.0. The molecule has 1 aromatic heterocycles. The van der Waals surface area contributed by atoms with E-state index in [9.17, 15) is 4.79 Å². The highest BCUT2D eigenvalue weighted by molar-refractivity contribution is 5.63. The van der Waals surface area contributed by atoms with Crippen LogP contribution in [0.2, 0.25) is 0 Å². The number of aliphatic carboxylic acids is 1. The fourth-order valence-electron chi connectivity index (χ4n) is 1.81. The first-order valence-electron chi connectivity index (χ1n) is 5.95. The zero-order chi connectivity index (χ0) is 13.5. The van der Waals surface area contributed by atoms with Gasteiger partial charge in [0.1, 0.15) is 0 Å². The number of hydrogen-bond acceptors (Lipinski definition) is 4. The summed E-state index contributed by atoms with van der Waals surface area (Å²) in [5.41, 5.74) is 1.22. The van der Waals surface area contributed by atoms with Gasteiger partial charge in [-0.2, -0.15) is 0 Å². The molecule has 0 N–H and O–H groups in total. The molecule has 1 fully saturated rings. The number of carbonyl (C=O) groups is 2. The zero-order valence-corrected chi connectivity index (χ0v) is 10.8. The molecule has 1 aliphatic rings. The Bertz CT molecular complexity index is 405. The Balaban J connectivity index is 0.000000357. The van der Waals surface area contributed by atoms with Crippen molar-refractivity contribution in [3.8, 4) is 0 Å². The molecule has 0 aliphatic carbocycles. The quantitative estimate of drug-likeness (QED) is 0.658. The lowest BCUT2D eigenvalue weighted by Crippen LogP contribution is -2.39. The average Bonchev–Trinajstić information content (AvgIpc) is 2.81. The van der Waals surface area contributed by atoms with Crippen molar-refractivity contribution in [2.75, 3.05) is 18.0 Å². The van der Waals surface area contributed by atoms with Gasteiger partial charge in [-0.25, -0.2) is 4.79 Å². The summed E-state index contributed by atoms with van der Waals surface area (Å²) in [7, 11) is 0. The third-order valence-electron chi connectivity index (χ3n) is 2.65. The van der Waals surface area contributed by atoms with Gasteiger partial charge in [-0.3, -0.25) is 0 Å². The summed E-state index contributed by atoms with van der Waals surface area (Å²) in [6.07, 6.45) is 6.22. The molecule has 0 radical (unpaired) electrons. The van der Waals surface area contributed by atoms with Crippen molar-refractivity contribution in [3.05, 3.63) is 24.5 Å². The number of anilines is 1. The summed E-state index contributed by atoms with van der Waals surface area (Å²) >= 11 is 0. The van der Waals surface area contributed by atoms with Gasteiger partial charge in [-0.1, -0.05) is 0 Å². The summed E-state index contributed by atoms with van der Waals surface area (Å²) in [5.74, 6) is -1.03. The van der Waals surface area contributed by atoms with Crippen molar-refractivity contribution in [2.45, 2.75) is 26.7 Å². The van der Waals surface area contributed by atoms with E-state index in [1.54, 1.807) is 11.5 Å². The monoisotopic (exact) mass is 250 g/mol. The fourth-order valence-corrected chi connectivity index (χ4v) is 1.81. The van der Waals surface area contributed by atoms with Crippen molar-refractivity contribution in [2.24, 2.45) is 0 Å². The molecule has 0 spiro atoms. The van der Waals surface area contributed by atoms with Crippen LogP contribution in [-0.2, 0) is 4.79 Å².